The second-order valence-electron chi connectivity index (χ2n) is 3.58. The summed E-state index contributed by atoms with van der Waals surface area (Å²) >= 11 is 0. The fraction of sp³-hybridized carbons (Fsp3) is 0.267. The molecule has 0 amide bonds. The summed E-state index contributed by atoms with van der Waals surface area (Å²) in [4.78, 5) is 4.46. The molecule has 0 aliphatic carbocycles. The van der Waals surface area contributed by atoms with Gasteiger partial charge in [0.05, 0.1) is 17.1 Å². The van der Waals surface area contributed by atoms with Crippen molar-refractivity contribution in [3.63, 3.8) is 0 Å². The monoisotopic (exact) mass is 229 g/mol. The first-order valence-corrected chi connectivity index (χ1v) is 5.77. The largest absolute Gasteiger partial charge is 0.492 e. The fourth-order valence-corrected chi connectivity index (χ4v) is 1.50. The van der Waals surface area contributed by atoms with Crippen LogP contribution in [0, 0.1) is 0 Å². The van der Waals surface area contributed by atoms with Crippen LogP contribution < -0.4 is 0 Å². The summed E-state index contributed by atoms with van der Waals surface area (Å²) in [5.74, 6) is 0.986. The Hall–Kier alpha value is -1.83. The van der Waals surface area contributed by atoms with Gasteiger partial charge in [0.25, 0.3) is 0 Å². The SMILES string of the molecule is C=Cc1ccc(CO/C(=C/C)CC)nc1C=C. The third kappa shape index (κ3) is 3.59. The normalized spacial score (nSPS) is 11.1. The maximum atomic E-state index is 5.64. The molecule has 0 fully saturated rings. The first-order chi connectivity index (χ1) is 8.24. The molecule has 0 aliphatic heterocycles. The molecule has 0 radical (unpaired) electrons. The summed E-state index contributed by atoms with van der Waals surface area (Å²) in [5, 5.41) is 0. The van der Waals surface area contributed by atoms with Crippen LogP contribution in [0.25, 0.3) is 12.2 Å². The van der Waals surface area contributed by atoms with E-state index in [0.717, 1.165) is 29.1 Å². The Balaban J connectivity index is 2.79. The quantitative estimate of drug-likeness (QED) is 0.682. The molecule has 0 saturated carbocycles. The fourth-order valence-electron chi connectivity index (χ4n) is 1.50. The van der Waals surface area contributed by atoms with Crippen LogP contribution in [0.1, 0.15) is 37.2 Å². The van der Waals surface area contributed by atoms with E-state index in [1.807, 2.05) is 25.1 Å². The highest BCUT2D eigenvalue weighted by molar-refractivity contribution is 5.60. The van der Waals surface area contributed by atoms with Crippen LogP contribution >= 0.6 is 0 Å². The molecule has 1 heterocycles. The van der Waals surface area contributed by atoms with Crippen LogP contribution in [-0.2, 0) is 11.3 Å². The number of ether oxygens (including phenoxy) is 1. The zero-order valence-corrected chi connectivity index (χ0v) is 10.6. The molecule has 90 valence electrons. The summed E-state index contributed by atoms with van der Waals surface area (Å²) in [5.41, 5.74) is 2.74. The average molecular weight is 229 g/mol. The van der Waals surface area contributed by atoms with E-state index in [4.69, 9.17) is 4.74 Å². The Morgan fingerprint density at radius 1 is 1.35 bits per heavy atom. The second kappa shape index (κ2) is 6.69. The highest BCUT2D eigenvalue weighted by Gasteiger charge is 2.01. The minimum absolute atomic E-state index is 0.492. The van der Waals surface area contributed by atoms with E-state index >= 15 is 0 Å². The Kier molecular flexibility index (Phi) is 5.21. The Morgan fingerprint density at radius 2 is 2.12 bits per heavy atom. The summed E-state index contributed by atoms with van der Waals surface area (Å²) in [6.45, 7) is 12.0. The summed E-state index contributed by atoms with van der Waals surface area (Å²) in [6.07, 6.45) is 6.39. The van der Waals surface area contributed by atoms with Gasteiger partial charge in [-0.25, -0.2) is 4.98 Å². The van der Waals surface area contributed by atoms with E-state index in [-0.39, 0.29) is 0 Å². The molecule has 0 saturated heterocycles. The number of allylic oxidation sites excluding steroid dienone is 2. The van der Waals surface area contributed by atoms with Gasteiger partial charge in [-0.1, -0.05) is 32.2 Å². The number of hydrogen-bond donors (Lipinski definition) is 0. The summed E-state index contributed by atoms with van der Waals surface area (Å²) < 4.78 is 5.64. The zero-order valence-electron chi connectivity index (χ0n) is 10.6. The predicted octanol–water partition coefficient (Wildman–Crippen LogP) is 4.20. The van der Waals surface area contributed by atoms with Gasteiger partial charge in [-0.15, -0.1) is 0 Å². The van der Waals surface area contributed by atoms with Crippen molar-refractivity contribution in [3.05, 3.63) is 54.1 Å². The second-order valence-corrected chi connectivity index (χ2v) is 3.58. The van der Waals surface area contributed by atoms with Crippen molar-refractivity contribution in [1.29, 1.82) is 0 Å². The van der Waals surface area contributed by atoms with Gasteiger partial charge < -0.3 is 4.74 Å². The average Bonchev–Trinajstić information content (AvgIpc) is 2.39. The van der Waals surface area contributed by atoms with Gasteiger partial charge in [0.15, 0.2) is 0 Å². The molecule has 1 aromatic heterocycles. The van der Waals surface area contributed by atoms with Gasteiger partial charge >= 0.3 is 0 Å². The molecule has 1 rings (SSSR count). The van der Waals surface area contributed by atoms with Gasteiger partial charge in [-0.05, 0) is 30.7 Å². The molecule has 0 bridgehead atoms. The summed E-state index contributed by atoms with van der Waals surface area (Å²) in [6, 6.07) is 3.93. The van der Waals surface area contributed by atoms with Crippen molar-refractivity contribution in [2.45, 2.75) is 26.9 Å². The molecule has 2 nitrogen and oxygen atoms in total. The van der Waals surface area contributed by atoms with Gasteiger partial charge in [0.2, 0.25) is 0 Å². The molecular formula is C15H19NO. The first-order valence-electron chi connectivity index (χ1n) is 5.77. The highest BCUT2D eigenvalue weighted by atomic mass is 16.5. The molecule has 2 heteroatoms. The van der Waals surface area contributed by atoms with Crippen molar-refractivity contribution in [3.8, 4) is 0 Å². The molecule has 0 atom stereocenters. The van der Waals surface area contributed by atoms with E-state index in [1.165, 1.54) is 0 Å². The van der Waals surface area contributed by atoms with E-state index in [9.17, 15) is 0 Å². The van der Waals surface area contributed by atoms with Gasteiger partial charge in [0, 0.05) is 6.42 Å². The van der Waals surface area contributed by atoms with E-state index in [2.05, 4.69) is 25.1 Å². The molecular weight excluding hydrogens is 210 g/mol. The topological polar surface area (TPSA) is 22.1 Å². The molecule has 1 aromatic rings. The standard InChI is InChI=1S/C15H19NO/c1-5-12-9-10-13(16-15(12)8-4)11-17-14(6-2)7-3/h5-6,8-10H,1,4,7,11H2,2-3H3/b14-6+. The number of rotatable bonds is 6. The van der Waals surface area contributed by atoms with Crippen LogP contribution in [0.4, 0.5) is 0 Å². The lowest BCUT2D eigenvalue weighted by Crippen LogP contribution is -1.98. The van der Waals surface area contributed by atoms with Crippen LogP contribution in [-0.4, -0.2) is 4.98 Å². The number of aromatic nitrogens is 1. The Morgan fingerprint density at radius 3 is 2.65 bits per heavy atom. The van der Waals surface area contributed by atoms with Crippen LogP contribution in [0.2, 0.25) is 0 Å². The van der Waals surface area contributed by atoms with E-state index in [1.54, 1.807) is 12.2 Å². The van der Waals surface area contributed by atoms with Crippen molar-refractivity contribution in [1.82, 2.24) is 4.98 Å². The van der Waals surface area contributed by atoms with E-state index < -0.39 is 0 Å². The van der Waals surface area contributed by atoms with Crippen LogP contribution in [0.5, 0.6) is 0 Å². The Bertz CT molecular complexity index is 433. The lowest BCUT2D eigenvalue weighted by atomic mass is 10.1. The van der Waals surface area contributed by atoms with Crippen molar-refractivity contribution >= 4 is 12.2 Å². The first kappa shape index (κ1) is 13.2. The molecule has 0 spiro atoms. The van der Waals surface area contributed by atoms with Crippen LogP contribution in [0.15, 0.2) is 37.1 Å². The van der Waals surface area contributed by atoms with Gasteiger partial charge in [0.1, 0.15) is 6.61 Å². The van der Waals surface area contributed by atoms with Gasteiger partial charge in [-0.2, -0.15) is 0 Å². The van der Waals surface area contributed by atoms with E-state index in [0.29, 0.717) is 6.61 Å². The van der Waals surface area contributed by atoms with Crippen molar-refractivity contribution < 1.29 is 4.74 Å². The zero-order chi connectivity index (χ0) is 12.7. The third-order valence-electron chi connectivity index (χ3n) is 2.50. The number of nitrogens with zero attached hydrogens (tertiary/aromatic N) is 1. The molecule has 0 aromatic carbocycles. The molecule has 0 aliphatic rings. The van der Waals surface area contributed by atoms with Gasteiger partial charge in [-0.3, -0.25) is 0 Å². The minimum atomic E-state index is 0.492. The summed E-state index contributed by atoms with van der Waals surface area (Å²) in [7, 11) is 0. The molecule has 0 N–H and O–H groups in total. The highest BCUT2D eigenvalue weighted by Crippen LogP contribution is 2.13. The maximum Gasteiger partial charge on any atom is 0.130 e. The Labute approximate surface area is 103 Å². The van der Waals surface area contributed by atoms with Crippen LogP contribution in [0.3, 0.4) is 0 Å². The third-order valence-corrected chi connectivity index (χ3v) is 2.50. The smallest absolute Gasteiger partial charge is 0.130 e. The maximum absolute atomic E-state index is 5.64. The lowest BCUT2D eigenvalue weighted by Gasteiger charge is -2.09. The molecule has 0 unspecified atom stereocenters. The lowest BCUT2D eigenvalue weighted by molar-refractivity contribution is 0.187. The number of pyridine rings is 1. The van der Waals surface area contributed by atoms with Crippen molar-refractivity contribution in [2.24, 2.45) is 0 Å². The minimum Gasteiger partial charge on any atom is -0.492 e. The number of hydrogen-bond acceptors (Lipinski definition) is 2. The molecule has 17 heavy (non-hydrogen) atoms. The van der Waals surface area contributed by atoms with Crippen molar-refractivity contribution in [2.75, 3.05) is 0 Å². The predicted molar refractivity (Wildman–Crippen MR) is 73.3 cm³/mol.